The number of fused-ring (bicyclic) bond motifs is 1. The maximum absolute atomic E-state index is 13.5. The molecule has 29 heavy (non-hydrogen) atoms. The Bertz CT molecular complexity index is 1210. The largest absolute Gasteiger partial charge is 0.433 e. The molecule has 1 amide bonds. The minimum atomic E-state index is -4.68. The van der Waals surface area contributed by atoms with Gasteiger partial charge in [0, 0.05) is 24.9 Å². The number of amides is 1. The third-order valence-electron chi connectivity index (χ3n) is 3.83. The van der Waals surface area contributed by atoms with Crippen LogP contribution in [-0.2, 0) is 13.2 Å². The summed E-state index contributed by atoms with van der Waals surface area (Å²) in [5.74, 6) is -0.763. The van der Waals surface area contributed by atoms with Gasteiger partial charge in [0.15, 0.2) is 17.0 Å². The third-order valence-corrected chi connectivity index (χ3v) is 4.72. The van der Waals surface area contributed by atoms with Crippen LogP contribution in [0.5, 0.6) is 0 Å². The lowest BCUT2D eigenvalue weighted by molar-refractivity contribution is -0.142. The number of nitrogens with zero attached hydrogens (tertiary/aromatic N) is 6. The highest BCUT2D eigenvalue weighted by molar-refractivity contribution is 7.13. The fourth-order valence-electron chi connectivity index (χ4n) is 2.57. The minimum absolute atomic E-state index is 0.0930. The molecule has 0 saturated heterocycles. The number of aryl methyl sites for hydroxylation is 1. The predicted octanol–water partition coefficient (Wildman–Crippen LogP) is 2.97. The summed E-state index contributed by atoms with van der Waals surface area (Å²) in [5.41, 5.74) is 1.67. The van der Waals surface area contributed by atoms with E-state index in [0.29, 0.717) is 15.0 Å². The summed E-state index contributed by atoms with van der Waals surface area (Å²) in [5, 5.41) is 13.2. The van der Waals surface area contributed by atoms with E-state index < -0.39 is 17.8 Å². The van der Waals surface area contributed by atoms with Gasteiger partial charge in [-0.1, -0.05) is 6.07 Å². The first kappa shape index (κ1) is 18.8. The van der Waals surface area contributed by atoms with Gasteiger partial charge in [-0.15, -0.1) is 11.3 Å². The summed E-state index contributed by atoms with van der Waals surface area (Å²) in [6, 6.07) is 5.48. The number of carbonyl (C=O) groups is 1. The van der Waals surface area contributed by atoms with Crippen LogP contribution in [0.25, 0.3) is 16.2 Å². The van der Waals surface area contributed by atoms with Crippen LogP contribution in [0.15, 0.2) is 47.1 Å². The van der Waals surface area contributed by atoms with Crippen LogP contribution in [0, 0.1) is 0 Å². The van der Waals surface area contributed by atoms with Crippen molar-refractivity contribution in [2.24, 2.45) is 12.1 Å². The number of hydrazone groups is 1. The van der Waals surface area contributed by atoms with E-state index in [4.69, 9.17) is 0 Å². The summed E-state index contributed by atoms with van der Waals surface area (Å²) >= 11 is 1.26. The normalized spacial score (nSPS) is 12.1. The summed E-state index contributed by atoms with van der Waals surface area (Å²) in [4.78, 5) is 17.0. The minimum Gasteiger partial charge on any atom is -0.275 e. The number of nitrogens with one attached hydrogen (secondary N) is 1. The Hall–Kier alpha value is -3.54. The fraction of sp³-hybridized carbons (Fsp3) is 0.118. The van der Waals surface area contributed by atoms with Crippen molar-refractivity contribution in [2.75, 3.05) is 0 Å². The fourth-order valence-corrected chi connectivity index (χ4v) is 3.25. The van der Waals surface area contributed by atoms with E-state index in [1.807, 2.05) is 0 Å². The molecule has 0 fully saturated rings. The van der Waals surface area contributed by atoms with Crippen molar-refractivity contribution in [1.29, 1.82) is 0 Å². The van der Waals surface area contributed by atoms with Crippen LogP contribution in [0.2, 0.25) is 0 Å². The molecule has 4 heterocycles. The number of rotatable bonds is 4. The molecule has 1 N–H and O–H groups in total. The molecular weight excluding hydrogens is 407 g/mol. The Morgan fingerprint density at radius 3 is 2.83 bits per heavy atom. The van der Waals surface area contributed by atoms with Crippen LogP contribution in [0.1, 0.15) is 21.7 Å². The smallest absolute Gasteiger partial charge is 0.275 e. The Balaban J connectivity index is 1.67. The number of hydrogen-bond acceptors (Lipinski definition) is 6. The summed E-state index contributed by atoms with van der Waals surface area (Å²) in [7, 11) is 1.72. The molecule has 0 spiro atoms. The van der Waals surface area contributed by atoms with Gasteiger partial charge in [-0.2, -0.15) is 28.5 Å². The number of thiophene rings is 1. The molecule has 0 saturated carbocycles. The van der Waals surface area contributed by atoms with E-state index in [-0.39, 0.29) is 17.0 Å². The van der Waals surface area contributed by atoms with Gasteiger partial charge in [0.25, 0.3) is 5.91 Å². The average molecular weight is 419 g/mol. The highest BCUT2D eigenvalue weighted by atomic mass is 32.1. The molecular formula is C17H12F3N7OS. The monoisotopic (exact) mass is 419 g/mol. The second-order valence-electron chi connectivity index (χ2n) is 5.95. The first-order valence-electron chi connectivity index (χ1n) is 8.15. The van der Waals surface area contributed by atoms with Gasteiger partial charge in [0.1, 0.15) is 0 Å². The van der Waals surface area contributed by atoms with Crippen LogP contribution in [-0.4, -0.2) is 36.5 Å². The first-order chi connectivity index (χ1) is 13.8. The molecule has 0 aliphatic carbocycles. The van der Waals surface area contributed by atoms with Crippen LogP contribution in [0.4, 0.5) is 13.2 Å². The zero-order valence-electron chi connectivity index (χ0n) is 14.8. The summed E-state index contributed by atoms with van der Waals surface area (Å²) in [6.45, 7) is 0. The maximum atomic E-state index is 13.5. The molecule has 12 heteroatoms. The molecule has 4 rings (SSSR count). The van der Waals surface area contributed by atoms with Crippen molar-refractivity contribution in [3.05, 3.63) is 59.0 Å². The Kier molecular flexibility index (Phi) is 4.62. The molecule has 0 bridgehead atoms. The van der Waals surface area contributed by atoms with Gasteiger partial charge in [0.2, 0.25) is 0 Å². The van der Waals surface area contributed by atoms with Gasteiger partial charge in [-0.05, 0) is 17.5 Å². The predicted molar refractivity (Wildman–Crippen MR) is 99.6 cm³/mol. The highest BCUT2D eigenvalue weighted by Crippen LogP contribution is 2.33. The Labute approximate surface area is 165 Å². The SMILES string of the molecule is Cn1cc(/C=N\NC(=O)c2cc3nc(-c4cccs4)cc(C(F)(F)F)n3n2)cn1. The van der Waals surface area contributed by atoms with Gasteiger partial charge in [-0.3, -0.25) is 9.48 Å². The molecule has 0 aliphatic heterocycles. The number of hydrogen-bond donors (Lipinski definition) is 1. The summed E-state index contributed by atoms with van der Waals surface area (Å²) < 4.78 is 42.7. The lowest BCUT2D eigenvalue weighted by Gasteiger charge is -2.10. The zero-order chi connectivity index (χ0) is 20.6. The van der Waals surface area contributed by atoms with Crippen molar-refractivity contribution in [3.8, 4) is 10.6 Å². The lowest BCUT2D eigenvalue weighted by Crippen LogP contribution is -2.19. The second kappa shape index (κ2) is 7.13. The van der Waals surface area contributed by atoms with E-state index in [1.54, 1.807) is 35.4 Å². The Morgan fingerprint density at radius 1 is 1.34 bits per heavy atom. The van der Waals surface area contributed by atoms with Gasteiger partial charge in [0.05, 0.1) is 23.0 Å². The van der Waals surface area contributed by atoms with E-state index in [9.17, 15) is 18.0 Å². The van der Waals surface area contributed by atoms with E-state index >= 15 is 0 Å². The van der Waals surface area contributed by atoms with Crippen molar-refractivity contribution in [2.45, 2.75) is 6.18 Å². The molecule has 148 valence electrons. The second-order valence-corrected chi connectivity index (χ2v) is 6.90. The molecule has 4 aromatic rings. The molecule has 0 aromatic carbocycles. The van der Waals surface area contributed by atoms with Crippen molar-refractivity contribution in [3.63, 3.8) is 0 Å². The maximum Gasteiger partial charge on any atom is 0.433 e. The van der Waals surface area contributed by atoms with E-state index in [2.05, 4.69) is 25.7 Å². The molecule has 0 unspecified atom stereocenters. The number of halogens is 3. The summed E-state index contributed by atoms with van der Waals surface area (Å²) in [6.07, 6.45) is -0.112. The molecule has 0 atom stereocenters. The van der Waals surface area contributed by atoms with E-state index in [1.165, 1.54) is 29.8 Å². The average Bonchev–Trinajstić information content (AvgIpc) is 3.40. The first-order valence-corrected chi connectivity index (χ1v) is 9.03. The zero-order valence-corrected chi connectivity index (χ0v) is 15.6. The van der Waals surface area contributed by atoms with Gasteiger partial charge < -0.3 is 0 Å². The standard InChI is InChI=1S/C17H12F3N7OS/c1-26-9-10(8-22-26)7-21-24-16(28)12-6-15-23-11(13-3-2-4-29-13)5-14(17(18,19)20)27(15)25-12/h2-9H,1H3,(H,24,28)/b21-7-. The third kappa shape index (κ3) is 3.87. The van der Waals surface area contributed by atoms with Gasteiger partial charge >= 0.3 is 6.18 Å². The topological polar surface area (TPSA) is 89.5 Å². The van der Waals surface area contributed by atoms with Crippen LogP contribution < -0.4 is 5.43 Å². The quantitative estimate of drug-likeness (QED) is 0.407. The van der Waals surface area contributed by atoms with E-state index in [0.717, 1.165) is 6.07 Å². The number of alkyl halides is 3. The number of aromatic nitrogens is 5. The van der Waals surface area contributed by atoms with Crippen LogP contribution >= 0.6 is 11.3 Å². The molecule has 8 nitrogen and oxygen atoms in total. The molecule has 4 aromatic heterocycles. The molecule has 0 radical (unpaired) electrons. The van der Waals surface area contributed by atoms with Crippen LogP contribution in [0.3, 0.4) is 0 Å². The van der Waals surface area contributed by atoms with Crippen molar-refractivity contribution < 1.29 is 18.0 Å². The highest BCUT2D eigenvalue weighted by Gasteiger charge is 2.35. The Morgan fingerprint density at radius 2 is 2.17 bits per heavy atom. The van der Waals surface area contributed by atoms with Crippen molar-refractivity contribution in [1.82, 2.24) is 29.8 Å². The lowest BCUT2D eigenvalue weighted by atomic mass is 10.2. The van der Waals surface area contributed by atoms with Crippen molar-refractivity contribution >= 4 is 29.1 Å². The molecule has 0 aliphatic rings. The number of carbonyl (C=O) groups excluding carboxylic acids is 1. The van der Waals surface area contributed by atoms with Gasteiger partial charge in [-0.25, -0.2) is 14.9 Å².